The minimum atomic E-state index is -0.141. The van der Waals surface area contributed by atoms with Crippen molar-refractivity contribution in [2.75, 3.05) is 4.90 Å². The van der Waals surface area contributed by atoms with Crippen LogP contribution in [0.4, 0.5) is 5.69 Å². The summed E-state index contributed by atoms with van der Waals surface area (Å²) in [6.07, 6.45) is 8.50. The molecule has 0 aromatic heterocycles. The molecule has 47 heavy (non-hydrogen) atoms. The molecule has 1 heterocycles. The van der Waals surface area contributed by atoms with Crippen LogP contribution in [0, 0.1) is 0 Å². The summed E-state index contributed by atoms with van der Waals surface area (Å²) in [6.45, 7) is 0. The highest BCUT2D eigenvalue weighted by atomic mass is 15.3. The Labute approximate surface area is 275 Å². The molecule has 2 unspecified atom stereocenters. The van der Waals surface area contributed by atoms with Crippen molar-refractivity contribution in [1.29, 1.82) is 0 Å². The van der Waals surface area contributed by atoms with Crippen molar-refractivity contribution in [3.05, 3.63) is 188 Å². The first-order valence-corrected chi connectivity index (χ1v) is 16.3. The number of aliphatic imine (C=N–C) groups is 1. The van der Waals surface area contributed by atoms with E-state index >= 15 is 0 Å². The van der Waals surface area contributed by atoms with Crippen molar-refractivity contribution in [3.63, 3.8) is 0 Å². The van der Waals surface area contributed by atoms with E-state index in [1.54, 1.807) is 0 Å². The highest BCUT2D eigenvalue weighted by Crippen LogP contribution is 2.46. The van der Waals surface area contributed by atoms with Gasteiger partial charge < -0.3 is 4.90 Å². The number of rotatable bonds is 5. The van der Waals surface area contributed by atoms with Crippen LogP contribution in [0.15, 0.2) is 187 Å². The number of anilines is 1. The van der Waals surface area contributed by atoms with Crippen molar-refractivity contribution in [2.45, 2.75) is 12.2 Å². The zero-order valence-corrected chi connectivity index (χ0v) is 25.9. The Morgan fingerprint density at radius 1 is 0.447 bits per heavy atom. The highest BCUT2D eigenvalue weighted by molar-refractivity contribution is 6.21. The molecular weight excluding hydrogens is 569 g/mol. The molecule has 7 aromatic carbocycles. The molecule has 2 atom stereocenters. The van der Waals surface area contributed by atoms with E-state index in [1.165, 1.54) is 66.2 Å². The van der Waals surface area contributed by atoms with Gasteiger partial charge in [0.15, 0.2) is 0 Å². The second-order valence-corrected chi connectivity index (χ2v) is 12.3. The zero-order valence-electron chi connectivity index (χ0n) is 25.9. The topological polar surface area (TPSA) is 15.6 Å². The van der Waals surface area contributed by atoms with Gasteiger partial charge in [0.05, 0.1) is 11.8 Å². The van der Waals surface area contributed by atoms with Gasteiger partial charge in [0, 0.05) is 5.69 Å². The third-order valence-corrected chi connectivity index (χ3v) is 9.55. The van der Waals surface area contributed by atoms with Crippen LogP contribution >= 0.6 is 0 Å². The summed E-state index contributed by atoms with van der Waals surface area (Å²) >= 11 is 0. The Morgan fingerprint density at radius 2 is 0.979 bits per heavy atom. The number of benzene rings is 7. The van der Waals surface area contributed by atoms with Crippen LogP contribution < -0.4 is 4.90 Å². The summed E-state index contributed by atoms with van der Waals surface area (Å²) in [5.41, 5.74) is 10.9. The van der Waals surface area contributed by atoms with E-state index < -0.39 is 0 Å². The van der Waals surface area contributed by atoms with Crippen LogP contribution in [0.3, 0.4) is 0 Å². The normalized spacial score (nSPS) is 16.9. The van der Waals surface area contributed by atoms with Crippen molar-refractivity contribution in [3.8, 4) is 33.4 Å². The van der Waals surface area contributed by atoms with E-state index in [9.17, 15) is 0 Å². The smallest absolute Gasteiger partial charge is 0.148 e. The van der Waals surface area contributed by atoms with Crippen LogP contribution in [0.1, 0.15) is 11.7 Å². The zero-order chi connectivity index (χ0) is 31.2. The van der Waals surface area contributed by atoms with Gasteiger partial charge in [-0.1, -0.05) is 158 Å². The largest absolute Gasteiger partial charge is 0.334 e. The summed E-state index contributed by atoms with van der Waals surface area (Å²) in [7, 11) is 0. The molecule has 1 aliphatic heterocycles. The molecule has 1 aliphatic carbocycles. The van der Waals surface area contributed by atoms with E-state index in [1.807, 2.05) is 0 Å². The number of hydrogen-bond donors (Lipinski definition) is 0. The Kier molecular flexibility index (Phi) is 6.64. The lowest BCUT2D eigenvalue weighted by atomic mass is 9.85. The molecule has 7 aromatic rings. The fourth-order valence-corrected chi connectivity index (χ4v) is 7.41. The van der Waals surface area contributed by atoms with Gasteiger partial charge in [0.2, 0.25) is 0 Å². The van der Waals surface area contributed by atoms with Gasteiger partial charge in [-0.25, -0.2) is 0 Å². The fraction of sp³-hybridized carbons (Fsp3) is 0.0444. The molecule has 0 saturated carbocycles. The minimum absolute atomic E-state index is 0.104. The van der Waals surface area contributed by atoms with Crippen molar-refractivity contribution >= 4 is 32.9 Å². The summed E-state index contributed by atoms with van der Waals surface area (Å²) in [4.78, 5) is 7.78. The van der Waals surface area contributed by atoms with E-state index in [-0.39, 0.29) is 12.2 Å². The number of hydrogen-bond acceptors (Lipinski definition) is 2. The van der Waals surface area contributed by atoms with Gasteiger partial charge in [-0.3, -0.25) is 4.99 Å². The van der Waals surface area contributed by atoms with Gasteiger partial charge in [-0.15, -0.1) is 0 Å². The third-order valence-electron chi connectivity index (χ3n) is 9.55. The summed E-state index contributed by atoms with van der Waals surface area (Å²) in [5.74, 6) is 0. The maximum absolute atomic E-state index is 5.33. The first-order chi connectivity index (χ1) is 23.3. The SMILES string of the molecule is C1=CC2=NC(c3ccc4c(-c5ccc(-c6ccccc6)cc5)c5ccccc5c(-c5ccccc5)c4c3)N(c3ccccc3)C2C=C1. The Balaban J connectivity index is 1.29. The van der Waals surface area contributed by atoms with Gasteiger partial charge >= 0.3 is 0 Å². The van der Waals surface area contributed by atoms with Gasteiger partial charge in [-0.2, -0.15) is 0 Å². The molecule has 0 amide bonds. The standard InChI is InChI=1S/C45H32N2/c1-4-14-31(15-5-1)32-24-26-34(27-25-32)43-37-20-10-11-21-38(37)44(33-16-6-2-7-17-33)40-30-35(28-29-39(40)43)45-46-41-22-12-13-23-42(41)47(45)36-18-8-3-9-19-36/h1-30,42,45H. The van der Waals surface area contributed by atoms with E-state index in [0.29, 0.717) is 0 Å². The molecule has 9 rings (SSSR count). The van der Waals surface area contributed by atoms with Crippen LogP contribution in [0.2, 0.25) is 0 Å². The van der Waals surface area contributed by atoms with Crippen LogP contribution in [0.5, 0.6) is 0 Å². The van der Waals surface area contributed by atoms with Crippen molar-refractivity contribution in [1.82, 2.24) is 0 Å². The predicted octanol–water partition coefficient (Wildman–Crippen LogP) is 11.4. The summed E-state index contributed by atoms with van der Waals surface area (Å²) < 4.78 is 0. The van der Waals surface area contributed by atoms with Crippen LogP contribution in [-0.2, 0) is 0 Å². The Bertz CT molecular complexity index is 2330. The van der Waals surface area contributed by atoms with Crippen LogP contribution in [-0.4, -0.2) is 11.8 Å². The maximum Gasteiger partial charge on any atom is 0.148 e. The second-order valence-electron chi connectivity index (χ2n) is 12.3. The minimum Gasteiger partial charge on any atom is -0.334 e. The van der Waals surface area contributed by atoms with E-state index in [2.05, 4.69) is 187 Å². The molecule has 0 saturated heterocycles. The first-order valence-electron chi connectivity index (χ1n) is 16.3. The molecule has 222 valence electrons. The number of para-hydroxylation sites is 1. The second kappa shape index (κ2) is 11.4. The molecular formula is C45H32N2. The molecule has 0 N–H and O–H groups in total. The highest BCUT2D eigenvalue weighted by Gasteiger charge is 2.35. The summed E-state index contributed by atoms with van der Waals surface area (Å²) in [5, 5.41) is 4.99. The third kappa shape index (κ3) is 4.69. The molecule has 2 heteroatoms. The molecule has 2 nitrogen and oxygen atoms in total. The Hall–Kier alpha value is -5.99. The lowest BCUT2D eigenvalue weighted by molar-refractivity contribution is 0.697. The molecule has 0 radical (unpaired) electrons. The van der Waals surface area contributed by atoms with Gasteiger partial charge in [0.1, 0.15) is 6.17 Å². The fourth-order valence-electron chi connectivity index (χ4n) is 7.41. The molecule has 0 fully saturated rings. The number of allylic oxidation sites excluding steroid dienone is 2. The number of fused-ring (bicyclic) bond motifs is 3. The maximum atomic E-state index is 5.33. The van der Waals surface area contributed by atoms with Gasteiger partial charge in [0.25, 0.3) is 0 Å². The van der Waals surface area contributed by atoms with Crippen molar-refractivity contribution in [2.24, 2.45) is 4.99 Å². The first kappa shape index (κ1) is 27.3. The predicted molar refractivity (Wildman–Crippen MR) is 199 cm³/mol. The average molecular weight is 601 g/mol. The molecule has 0 spiro atoms. The van der Waals surface area contributed by atoms with Gasteiger partial charge in [-0.05, 0) is 84.8 Å². The van der Waals surface area contributed by atoms with E-state index in [0.717, 1.165) is 5.71 Å². The lowest BCUT2D eigenvalue weighted by Crippen LogP contribution is -2.35. The van der Waals surface area contributed by atoms with Crippen LogP contribution in [0.25, 0.3) is 54.9 Å². The number of nitrogens with zero attached hydrogens (tertiary/aromatic N) is 2. The lowest BCUT2D eigenvalue weighted by Gasteiger charge is -2.31. The van der Waals surface area contributed by atoms with E-state index in [4.69, 9.17) is 4.99 Å². The summed E-state index contributed by atoms with van der Waals surface area (Å²) in [6, 6.07) is 57.2. The quantitative estimate of drug-likeness (QED) is 0.179. The van der Waals surface area contributed by atoms with Crippen molar-refractivity contribution < 1.29 is 0 Å². The monoisotopic (exact) mass is 600 g/mol. The molecule has 2 aliphatic rings. The molecule has 0 bridgehead atoms. The average Bonchev–Trinajstić information content (AvgIpc) is 3.54. The Morgan fingerprint density at radius 3 is 1.68 bits per heavy atom.